The molecule has 1 saturated heterocycles. The largest absolute Gasteiger partial charge is 0.378 e. The lowest BCUT2D eigenvalue weighted by atomic mass is 10.1. The molecular weight excluding hydrogens is 264 g/mol. The lowest BCUT2D eigenvalue weighted by molar-refractivity contribution is 0.0329. The van der Waals surface area contributed by atoms with Crippen molar-refractivity contribution in [2.45, 2.75) is 25.4 Å². The van der Waals surface area contributed by atoms with Crippen LogP contribution in [0.5, 0.6) is 0 Å². The summed E-state index contributed by atoms with van der Waals surface area (Å²) in [5.41, 5.74) is 0. The number of hydrogen-bond donors (Lipinski definition) is 2. The number of benzene rings is 1. The Morgan fingerprint density at radius 1 is 1.24 bits per heavy atom. The molecule has 0 saturated carbocycles. The molecule has 0 bridgehead atoms. The van der Waals surface area contributed by atoms with Crippen LogP contribution in [0.25, 0.3) is 10.8 Å². The van der Waals surface area contributed by atoms with Crippen LogP contribution >= 0.6 is 0 Å². The number of ether oxygens (including phenoxy) is 1. The third-order valence-corrected chi connectivity index (χ3v) is 3.82. The first-order chi connectivity index (χ1) is 10.4. The zero-order chi connectivity index (χ0) is 14.3. The van der Waals surface area contributed by atoms with Gasteiger partial charge >= 0.3 is 0 Å². The SMILES string of the molecule is c1ccc2c(NCCCOC3CCNCC3)nncc2c1. The zero-order valence-electron chi connectivity index (χ0n) is 12.2. The average Bonchev–Trinajstić information content (AvgIpc) is 2.56. The minimum Gasteiger partial charge on any atom is -0.378 e. The molecule has 1 aromatic heterocycles. The smallest absolute Gasteiger partial charge is 0.156 e. The molecule has 3 rings (SSSR count). The van der Waals surface area contributed by atoms with Crippen LogP contribution < -0.4 is 10.6 Å². The Labute approximate surface area is 125 Å². The highest BCUT2D eigenvalue weighted by atomic mass is 16.5. The van der Waals surface area contributed by atoms with Crippen LogP contribution in [0.1, 0.15) is 19.3 Å². The van der Waals surface area contributed by atoms with E-state index in [-0.39, 0.29) is 0 Å². The number of nitrogens with zero attached hydrogens (tertiary/aromatic N) is 2. The Kier molecular flexibility index (Phi) is 4.97. The van der Waals surface area contributed by atoms with Gasteiger partial charge in [-0.25, -0.2) is 0 Å². The summed E-state index contributed by atoms with van der Waals surface area (Å²) in [5.74, 6) is 0.856. The third kappa shape index (κ3) is 3.89. The molecule has 1 fully saturated rings. The average molecular weight is 286 g/mol. The Morgan fingerprint density at radius 2 is 2.10 bits per heavy atom. The Bertz CT molecular complexity index is 564. The molecular formula is C16H22N4O. The predicted molar refractivity (Wildman–Crippen MR) is 84.5 cm³/mol. The standard InChI is InChI=1S/C16H22N4O/c1-2-5-15-13(4-1)12-19-20-16(15)18-8-3-11-21-14-6-9-17-10-7-14/h1-2,4-5,12,14,17H,3,6-11H2,(H,18,20). The van der Waals surface area contributed by atoms with E-state index in [0.29, 0.717) is 6.10 Å². The van der Waals surface area contributed by atoms with Crippen LogP contribution in [-0.2, 0) is 4.74 Å². The van der Waals surface area contributed by atoms with Crippen LogP contribution in [0.4, 0.5) is 5.82 Å². The molecule has 2 heterocycles. The number of hydrogen-bond acceptors (Lipinski definition) is 5. The number of anilines is 1. The van der Waals surface area contributed by atoms with Gasteiger partial charge in [-0.05, 0) is 32.4 Å². The van der Waals surface area contributed by atoms with Gasteiger partial charge in [0.15, 0.2) is 5.82 Å². The van der Waals surface area contributed by atoms with Crippen molar-refractivity contribution < 1.29 is 4.74 Å². The van der Waals surface area contributed by atoms with Crippen LogP contribution in [0.15, 0.2) is 30.5 Å². The molecule has 1 aliphatic rings. The monoisotopic (exact) mass is 286 g/mol. The predicted octanol–water partition coefficient (Wildman–Crippen LogP) is 2.20. The van der Waals surface area contributed by atoms with Crippen LogP contribution in [0.3, 0.4) is 0 Å². The van der Waals surface area contributed by atoms with E-state index in [2.05, 4.69) is 33.0 Å². The van der Waals surface area contributed by atoms with Crippen molar-refractivity contribution in [3.8, 4) is 0 Å². The number of piperidine rings is 1. The van der Waals surface area contributed by atoms with Crippen molar-refractivity contribution in [1.29, 1.82) is 0 Å². The molecule has 0 aliphatic carbocycles. The maximum Gasteiger partial charge on any atom is 0.156 e. The summed E-state index contributed by atoms with van der Waals surface area (Å²) in [6.07, 6.45) is 5.46. The Balaban J connectivity index is 1.44. The second-order valence-corrected chi connectivity index (χ2v) is 5.38. The lowest BCUT2D eigenvalue weighted by Crippen LogP contribution is -2.32. The minimum atomic E-state index is 0.434. The van der Waals surface area contributed by atoms with Crippen molar-refractivity contribution in [1.82, 2.24) is 15.5 Å². The van der Waals surface area contributed by atoms with Gasteiger partial charge in [0.25, 0.3) is 0 Å². The summed E-state index contributed by atoms with van der Waals surface area (Å²) in [4.78, 5) is 0. The van der Waals surface area contributed by atoms with Crippen molar-refractivity contribution in [3.63, 3.8) is 0 Å². The van der Waals surface area contributed by atoms with Gasteiger partial charge in [-0.1, -0.05) is 24.3 Å². The van der Waals surface area contributed by atoms with Gasteiger partial charge in [-0.2, -0.15) is 5.10 Å². The number of rotatable bonds is 6. The first kappa shape index (κ1) is 14.2. The molecule has 0 atom stereocenters. The van der Waals surface area contributed by atoms with E-state index in [1.165, 1.54) is 0 Å². The van der Waals surface area contributed by atoms with Crippen molar-refractivity contribution in [3.05, 3.63) is 30.5 Å². The third-order valence-electron chi connectivity index (χ3n) is 3.82. The van der Waals surface area contributed by atoms with E-state index in [1.807, 2.05) is 12.1 Å². The first-order valence-corrected chi connectivity index (χ1v) is 7.70. The quantitative estimate of drug-likeness (QED) is 0.797. The molecule has 2 N–H and O–H groups in total. The fourth-order valence-corrected chi connectivity index (χ4v) is 2.65. The molecule has 112 valence electrons. The summed E-state index contributed by atoms with van der Waals surface area (Å²) in [6, 6.07) is 8.16. The molecule has 1 aromatic carbocycles. The molecule has 0 amide bonds. The summed E-state index contributed by atoms with van der Waals surface area (Å²) >= 11 is 0. The maximum absolute atomic E-state index is 5.89. The summed E-state index contributed by atoms with van der Waals surface area (Å²) in [6.45, 7) is 3.81. The van der Waals surface area contributed by atoms with Crippen LogP contribution in [0.2, 0.25) is 0 Å². The zero-order valence-corrected chi connectivity index (χ0v) is 12.2. The number of aromatic nitrogens is 2. The Morgan fingerprint density at radius 3 is 3.00 bits per heavy atom. The molecule has 5 heteroatoms. The molecule has 5 nitrogen and oxygen atoms in total. The normalized spacial score (nSPS) is 16.2. The highest BCUT2D eigenvalue weighted by Gasteiger charge is 2.12. The van der Waals surface area contributed by atoms with E-state index >= 15 is 0 Å². The molecule has 1 aliphatic heterocycles. The number of nitrogens with one attached hydrogen (secondary N) is 2. The van der Waals surface area contributed by atoms with Gasteiger partial charge in [0.05, 0.1) is 12.3 Å². The highest BCUT2D eigenvalue weighted by Crippen LogP contribution is 2.19. The van der Waals surface area contributed by atoms with Crippen LogP contribution in [-0.4, -0.2) is 42.5 Å². The maximum atomic E-state index is 5.89. The molecule has 21 heavy (non-hydrogen) atoms. The molecule has 0 spiro atoms. The Hall–Kier alpha value is -1.72. The summed E-state index contributed by atoms with van der Waals surface area (Å²) in [5, 5.41) is 17.2. The van der Waals surface area contributed by atoms with Gasteiger partial charge < -0.3 is 15.4 Å². The van der Waals surface area contributed by atoms with Gasteiger partial charge in [0.2, 0.25) is 0 Å². The summed E-state index contributed by atoms with van der Waals surface area (Å²) in [7, 11) is 0. The van der Waals surface area contributed by atoms with Gasteiger partial charge in [-0.15, -0.1) is 5.10 Å². The highest BCUT2D eigenvalue weighted by molar-refractivity contribution is 5.90. The van der Waals surface area contributed by atoms with E-state index in [4.69, 9.17) is 4.74 Å². The van der Waals surface area contributed by atoms with Gasteiger partial charge in [0, 0.05) is 23.9 Å². The fourth-order valence-electron chi connectivity index (χ4n) is 2.65. The lowest BCUT2D eigenvalue weighted by Gasteiger charge is -2.22. The van der Waals surface area contributed by atoms with Gasteiger partial charge in [0.1, 0.15) is 0 Å². The minimum absolute atomic E-state index is 0.434. The fraction of sp³-hybridized carbons (Fsp3) is 0.500. The van der Waals surface area contributed by atoms with Crippen molar-refractivity contribution in [2.24, 2.45) is 0 Å². The van der Waals surface area contributed by atoms with E-state index in [0.717, 1.165) is 62.1 Å². The topological polar surface area (TPSA) is 59.1 Å². The van der Waals surface area contributed by atoms with Crippen molar-refractivity contribution >= 4 is 16.6 Å². The van der Waals surface area contributed by atoms with Gasteiger partial charge in [-0.3, -0.25) is 0 Å². The molecule has 0 radical (unpaired) electrons. The van der Waals surface area contributed by atoms with E-state index in [9.17, 15) is 0 Å². The van der Waals surface area contributed by atoms with E-state index < -0.39 is 0 Å². The second kappa shape index (κ2) is 7.33. The second-order valence-electron chi connectivity index (χ2n) is 5.38. The first-order valence-electron chi connectivity index (χ1n) is 7.70. The summed E-state index contributed by atoms with van der Waals surface area (Å²) < 4.78 is 5.89. The van der Waals surface area contributed by atoms with Crippen LogP contribution in [0, 0.1) is 0 Å². The van der Waals surface area contributed by atoms with E-state index in [1.54, 1.807) is 6.20 Å². The molecule has 2 aromatic rings. The molecule has 0 unspecified atom stereocenters. The van der Waals surface area contributed by atoms with Crippen molar-refractivity contribution in [2.75, 3.05) is 31.6 Å². The number of fused-ring (bicyclic) bond motifs is 1.